The maximum atomic E-state index is 11.9. The summed E-state index contributed by atoms with van der Waals surface area (Å²) in [4.78, 5) is 12.2. The smallest absolute Gasteiger partial charge is 0.224 e. The van der Waals surface area contributed by atoms with Gasteiger partial charge >= 0.3 is 0 Å². The monoisotopic (exact) mass is 302 g/mol. The number of anilines is 1. The van der Waals surface area contributed by atoms with Crippen molar-refractivity contribution in [3.63, 3.8) is 0 Å². The minimum Gasteiger partial charge on any atom is -0.389 e. The highest BCUT2D eigenvalue weighted by molar-refractivity contribution is 7.80. The van der Waals surface area contributed by atoms with Gasteiger partial charge in [-0.1, -0.05) is 24.4 Å². The maximum absolute atomic E-state index is 11.9. The molecule has 0 aliphatic rings. The van der Waals surface area contributed by atoms with E-state index >= 15 is 0 Å². The van der Waals surface area contributed by atoms with Gasteiger partial charge in [-0.25, -0.2) is 0 Å². The number of amides is 1. The van der Waals surface area contributed by atoms with Crippen molar-refractivity contribution in [2.24, 2.45) is 5.73 Å². The molecule has 3 N–H and O–H groups in total. The molecular weight excluding hydrogens is 284 g/mol. The SMILES string of the molecule is Cc1ccn(CCCC(=O)Nc2cccc(C(N)=S)c2)n1. The molecule has 1 aromatic carbocycles. The van der Waals surface area contributed by atoms with E-state index in [-0.39, 0.29) is 5.91 Å². The second-order valence-corrected chi connectivity index (χ2v) is 5.26. The molecule has 2 aromatic rings. The zero-order chi connectivity index (χ0) is 15.2. The molecule has 1 aromatic heterocycles. The van der Waals surface area contributed by atoms with E-state index in [1.54, 1.807) is 6.07 Å². The molecule has 0 saturated heterocycles. The first-order chi connectivity index (χ1) is 10.0. The molecule has 110 valence electrons. The van der Waals surface area contributed by atoms with E-state index in [0.29, 0.717) is 17.1 Å². The van der Waals surface area contributed by atoms with E-state index < -0.39 is 0 Å². The molecule has 0 fully saturated rings. The van der Waals surface area contributed by atoms with E-state index in [4.69, 9.17) is 18.0 Å². The Bertz CT molecular complexity index is 651. The summed E-state index contributed by atoms with van der Waals surface area (Å²) in [6.45, 7) is 2.67. The summed E-state index contributed by atoms with van der Waals surface area (Å²) >= 11 is 4.92. The third-order valence-corrected chi connectivity index (χ3v) is 3.23. The van der Waals surface area contributed by atoms with E-state index in [1.165, 1.54) is 0 Å². The summed E-state index contributed by atoms with van der Waals surface area (Å²) in [5.74, 6) is -0.0287. The molecule has 0 radical (unpaired) electrons. The Labute approximate surface area is 129 Å². The van der Waals surface area contributed by atoms with Crippen LogP contribution in [0.1, 0.15) is 24.1 Å². The average Bonchev–Trinajstić information content (AvgIpc) is 2.84. The number of nitrogens with two attached hydrogens (primary N) is 1. The van der Waals surface area contributed by atoms with Crippen molar-refractivity contribution in [3.8, 4) is 0 Å². The highest BCUT2D eigenvalue weighted by Crippen LogP contribution is 2.11. The fraction of sp³-hybridized carbons (Fsp3) is 0.267. The van der Waals surface area contributed by atoms with Gasteiger partial charge in [0.15, 0.2) is 0 Å². The van der Waals surface area contributed by atoms with Crippen LogP contribution >= 0.6 is 12.2 Å². The van der Waals surface area contributed by atoms with Crippen molar-refractivity contribution >= 4 is 28.8 Å². The lowest BCUT2D eigenvalue weighted by Crippen LogP contribution is -2.14. The zero-order valence-electron chi connectivity index (χ0n) is 11.9. The Kier molecular flexibility index (Phi) is 5.05. The molecule has 0 aliphatic heterocycles. The van der Waals surface area contributed by atoms with Crippen LogP contribution in [-0.2, 0) is 11.3 Å². The van der Waals surface area contributed by atoms with E-state index in [9.17, 15) is 4.79 Å². The van der Waals surface area contributed by atoms with Crippen molar-refractivity contribution in [2.75, 3.05) is 5.32 Å². The summed E-state index contributed by atoms with van der Waals surface area (Å²) < 4.78 is 1.84. The normalized spacial score (nSPS) is 10.3. The molecule has 1 heterocycles. The van der Waals surface area contributed by atoms with Crippen LogP contribution in [0.2, 0.25) is 0 Å². The van der Waals surface area contributed by atoms with Gasteiger partial charge in [-0.2, -0.15) is 5.10 Å². The lowest BCUT2D eigenvalue weighted by molar-refractivity contribution is -0.116. The average molecular weight is 302 g/mol. The number of nitrogens with zero attached hydrogens (tertiary/aromatic N) is 2. The molecule has 0 unspecified atom stereocenters. The molecule has 0 atom stereocenters. The summed E-state index contributed by atoms with van der Waals surface area (Å²) in [7, 11) is 0. The molecule has 0 aliphatic carbocycles. The number of rotatable bonds is 6. The Morgan fingerprint density at radius 1 is 1.43 bits per heavy atom. The predicted molar refractivity (Wildman–Crippen MR) is 87.2 cm³/mol. The third-order valence-electron chi connectivity index (χ3n) is 3.00. The van der Waals surface area contributed by atoms with Gasteiger partial charge in [-0.3, -0.25) is 9.48 Å². The van der Waals surface area contributed by atoms with Crippen LogP contribution in [0.4, 0.5) is 5.69 Å². The Morgan fingerprint density at radius 2 is 2.24 bits per heavy atom. The van der Waals surface area contributed by atoms with E-state index in [1.807, 2.05) is 42.1 Å². The number of hydrogen-bond donors (Lipinski definition) is 2. The van der Waals surface area contributed by atoms with Gasteiger partial charge in [-0.05, 0) is 31.5 Å². The molecule has 6 heteroatoms. The van der Waals surface area contributed by atoms with E-state index in [0.717, 1.165) is 24.2 Å². The number of carbonyl (C=O) groups is 1. The fourth-order valence-electron chi connectivity index (χ4n) is 1.96. The van der Waals surface area contributed by atoms with Crippen molar-refractivity contribution in [2.45, 2.75) is 26.3 Å². The van der Waals surface area contributed by atoms with Gasteiger partial charge < -0.3 is 11.1 Å². The highest BCUT2D eigenvalue weighted by Gasteiger charge is 2.04. The van der Waals surface area contributed by atoms with Crippen molar-refractivity contribution < 1.29 is 4.79 Å². The first-order valence-electron chi connectivity index (χ1n) is 6.74. The standard InChI is InChI=1S/C15H18N4OS/c1-11-7-9-19(18-11)8-3-6-14(20)17-13-5-2-4-12(10-13)15(16)21/h2,4-5,7,9-10H,3,6,8H2,1H3,(H2,16,21)(H,17,20). The van der Waals surface area contributed by atoms with Crippen LogP contribution in [0, 0.1) is 6.92 Å². The lowest BCUT2D eigenvalue weighted by Gasteiger charge is -2.07. The largest absolute Gasteiger partial charge is 0.389 e. The molecule has 21 heavy (non-hydrogen) atoms. The molecule has 0 saturated carbocycles. The first kappa shape index (κ1) is 15.2. The number of nitrogens with one attached hydrogen (secondary N) is 1. The van der Waals surface area contributed by atoms with Crippen LogP contribution in [-0.4, -0.2) is 20.7 Å². The van der Waals surface area contributed by atoms with Crippen LogP contribution in [0.25, 0.3) is 0 Å². The molecule has 2 rings (SSSR count). The minimum atomic E-state index is -0.0287. The number of benzene rings is 1. The second-order valence-electron chi connectivity index (χ2n) is 4.82. The summed E-state index contributed by atoms with van der Waals surface area (Å²) in [5.41, 5.74) is 8.00. The van der Waals surface area contributed by atoms with Gasteiger partial charge in [0.1, 0.15) is 4.99 Å². The van der Waals surface area contributed by atoms with Crippen molar-refractivity contribution in [3.05, 3.63) is 47.8 Å². The topological polar surface area (TPSA) is 72.9 Å². The number of hydrogen-bond acceptors (Lipinski definition) is 3. The number of carbonyl (C=O) groups excluding carboxylic acids is 1. The summed E-state index contributed by atoms with van der Waals surface area (Å²) in [5, 5.41) is 7.12. The van der Waals surface area contributed by atoms with Gasteiger partial charge in [0, 0.05) is 30.4 Å². The zero-order valence-corrected chi connectivity index (χ0v) is 12.7. The molecule has 0 spiro atoms. The number of aryl methyl sites for hydroxylation is 2. The number of thiocarbonyl (C=S) groups is 1. The summed E-state index contributed by atoms with van der Waals surface area (Å²) in [6, 6.07) is 9.17. The Morgan fingerprint density at radius 3 is 2.90 bits per heavy atom. The van der Waals surface area contributed by atoms with E-state index in [2.05, 4.69) is 10.4 Å². The lowest BCUT2D eigenvalue weighted by atomic mass is 10.2. The number of aromatic nitrogens is 2. The van der Waals surface area contributed by atoms with Crippen LogP contribution in [0.15, 0.2) is 36.5 Å². The quantitative estimate of drug-likeness (QED) is 0.803. The third kappa shape index (κ3) is 4.68. The van der Waals surface area contributed by atoms with Gasteiger partial charge in [-0.15, -0.1) is 0 Å². The van der Waals surface area contributed by atoms with Gasteiger partial charge in [0.25, 0.3) is 0 Å². The highest BCUT2D eigenvalue weighted by atomic mass is 32.1. The molecule has 5 nitrogen and oxygen atoms in total. The molecule has 0 bridgehead atoms. The van der Waals surface area contributed by atoms with Crippen LogP contribution < -0.4 is 11.1 Å². The van der Waals surface area contributed by atoms with Gasteiger partial charge in [0.05, 0.1) is 5.69 Å². The minimum absolute atomic E-state index is 0.0287. The van der Waals surface area contributed by atoms with Gasteiger partial charge in [0.2, 0.25) is 5.91 Å². The van der Waals surface area contributed by atoms with Crippen molar-refractivity contribution in [1.29, 1.82) is 0 Å². The predicted octanol–water partition coefficient (Wildman–Crippen LogP) is 2.24. The first-order valence-corrected chi connectivity index (χ1v) is 7.15. The van der Waals surface area contributed by atoms with Crippen molar-refractivity contribution in [1.82, 2.24) is 9.78 Å². The van der Waals surface area contributed by atoms with Crippen LogP contribution in [0.5, 0.6) is 0 Å². The molecular formula is C15H18N4OS. The molecule has 1 amide bonds. The summed E-state index contributed by atoms with van der Waals surface area (Å²) in [6.07, 6.45) is 3.09. The Balaban J connectivity index is 1.81. The fourth-order valence-corrected chi connectivity index (χ4v) is 2.09. The Hall–Kier alpha value is -2.21. The maximum Gasteiger partial charge on any atom is 0.224 e. The second kappa shape index (κ2) is 6.99. The van der Waals surface area contributed by atoms with Crippen LogP contribution in [0.3, 0.4) is 0 Å².